The van der Waals surface area contributed by atoms with Gasteiger partial charge in [0.1, 0.15) is 0 Å². The molecule has 0 rings (SSSR count). The molecule has 0 unspecified atom stereocenters. The van der Waals surface area contributed by atoms with Crippen LogP contribution in [0.2, 0.25) is 0 Å². The third-order valence-electron chi connectivity index (χ3n) is 2.51. The van der Waals surface area contributed by atoms with E-state index in [2.05, 4.69) is 10.6 Å². The van der Waals surface area contributed by atoms with Crippen molar-refractivity contribution in [2.75, 3.05) is 46.8 Å². The molecule has 0 radical (unpaired) electrons. The Labute approximate surface area is 125 Å². The first-order chi connectivity index (χ1) is 9.70. The average molecular weight is 302 g/mol. The van der Waals surface area contributed by atoms with E-state index in [1.807, 2.05) is 32.8 Å². The Kier molecular flexibility index (Phi) is 9.31. The summed E-state index contributed by atoms with van der Waals surface area (Å²) < 4.78 is 0. The Balaban J connectivity index is 4.25. The topological polar surface area (TPSA) is 102 Å². The Bertz CT molecular complexity index is 358. The summed E-state index contributed by atoms with van der Waals surface area (Å²) in [6.45, 7) is 5.04. The van der Waals surface area contributed by atoms with Gasteiger partial charge in [-0.2, -0.15) is 0 Å². The van der Waals surface area contributed by atoms with Gasteiger partial charge in [-0.05, 0) is 20.0 Å². The van der Waals surface area contributed by atoms with Crippen LogP contribution >= 0.6 is 0 Å². The molecule has 0 fully saturated rings. The highest BCUT2D eigenvalue weighted by atomic mass is 16.4. The molecule has 0 aliphatic rings. The molecule has 0 aromatic carbocycles. The number of nitrogens with zero attached hydrogens (tertiary/aromatic N) is 2. The van der Waals surface area contributed by atoms with Crippen LogP contribution in [-0.2, 0) is 9.59 Å². The van der Waals surface area contributed by atoms with Crippen LogP contribution in [0, 0.1) is 5.92 Å². The number of hydrogen-bond donors (Lipinski definition) is 3. The van der Waals surface area contributed by atoms with Gasteiger partial charge in [0, 0.05) is 19.6 Å². The number of hydrogen-bond acceptors (Lipinski definition) is 5. The van der Waals surface area contributed by atoms with E-state index in [1.165, 1.54) is 4.90 Å². The average Bonchev–Trinajstić information content (AvgIpc) is 2.32. The van der Waals surface area contributed by atoms with Crippen LogP contribution in [0.15, 0.2) is 0 Å². The van der Waals surface area contributed by atoms with E-state index >= 15 is 0 Å². The van der Waals surface area contributed by atoms with Crippen LogP contribution in [0.4, 0.5) is 4.79 Å². The van der Waals surface area contributed by atoms with Crippen molar-refractivity contribution >= 4 is 17.9 Å². The number of carboxylic acid groups (broad SMARTS) is 1. The van der Waals surface area contributed by atoms with Gasteiger partial charge >= 0.3 is 12.0 Å². The monoisotopic (exact) mass is 302 g/mol. The number of carbonyl (C=O) groups excluding carboxylic acids is 2. The van der Waals surface area contributed by atoms with Gasteiger partial charge in [0.05, 0.1) is 13.1 Å². The molecule has 8 nitrogen and oxygen atoms in total. The summed E-state index contributed by atoms with van der Waals surface area (Å²) in [5, 5.41) is 13.6. The third kappa shape index (κ3) is 11.8. The van der Waals surface area contributed by atoms with Crippen molar-refractivity contribution in [1.82, 2.24) is 20.4 Å². The van der Waals surface area contributed by atoms with Crippen molar-refractivity contribution in [2.45, 2.75) is 13.8 Å². The highest BCUT2D eigenvalue weighted by molar-refractivity contribution is 5.95. The Hall–Kier alpha value is -1.67. The van der Waals surface area contributed by atoms with Crippen molar-refractivity contribution in [3.8, 4) is 0 Å². The lowest BCUT2D eigenvalue weighted by molar-refractivity contribution is -0.138. The van der Waals surface area contributed by atoms with Gasteiger partial charge in [-0.3, -0.25) is 19.8 Å². The van der Waals surface area contributed by atoms with Gasteiger partial charge in [-0.25, -0.2) is 4.79 Å². The maximum atomic E-state index is 11.7. The standard InChI is InChI=1S/C13H26N4O4/c1-10(2)7-14-13(21)15-11(18)8-17(9-12(19)20)6-5-16(3)4/h10H,5-9H2,1-4H3,(H,19,20)(H2,14,15,18,21). The van der Waals surface area contributed by atoms with E-state index in [9.17, 15) is 14.4 Å². The largest absolute Gasteiger partial charge is 0.480 e. The summed E-state index contributed by atoms with van der Waals surface area (Å²) in [6, 6.07) is -0.559. The molecular formula is C13H26N4O4. The number of urea groups is 1. The van der Waals surface area contributed by atoms with E-state index in [-0.39, 0.29) is 19.0 Å². The number of rotatable bonds is 9. The second-order valence-electron chi connectivity index (χ2n) is 5.56. The zero-order chi connectivity index (χ0) is 16.4. The molecule has 3 N–H and O–H groups in total. The maximum absolute atomic E-state index is 11.7. The Morgan fingerprint density at radius 2 is 1.71 bits per heavy atom. The molecule has 0 aromatic rings. The minimum Gasteiger partial charge on any atom is -0.480 e. The SMILES string of the molecule is CC(C)CNC(=O)NC(=O)CN(CCN(C)C)CC(=O)O. The fourth-order valence-corrected chi connectivity index (χ4v) is 1.46. The van der Waals surface area contributed by atoms with Gasteiger partial charge in [0.2, 0.25) is 5.91 Å². The Morgan fingerprint density at radius 3 is 2.19 bits per heavy atom. The van der Waals surface area contributed by atoms with E-state index in [1.54, 1.807) is 0 Å². The van der Waals surface area contributed by atoms with Crippen LogP contribution < -0.4 is 10.6 Å². The number of aliphatic carboxylic acids is 1. The molecule has 0 bridgehead atoms. The first-order valence-electron chi connectivity index (χ1n) is 6.87. The van der Waals surface area contributed by atoms with Crippen molar-refractivity contribution < 1.29 is 19.5 Å². The second-order valence-corrected chi connectivity index (χ2v) is 5.56. The van der Waals surface area contributed by atoms with Crippen molar-refractivity contribution in [2.24, 2.45) is 5.92 Å². The van der Waals surface area contributed by atoms with E-state index in [0.29, 0.717) is 19.6 Å². The first-order valence-corrected chi connectivity index (χ1v) is 6.87. The summed E-state index contributed by atoms with van der Waals surface area (Å²) in [6.07, 6.45) is 0. The van der Waals surface area contributed by atoms with Crippen LogP contribution in [0.1, 0.15) is 13.8 Å². The molecule has 0 saturated carbocycles. The minimum atomic E-state index is -1.01. The van der Waals surface area contributed by atoms with Crippen molar-refractivity contribution in [3.63, 3.8) is 0 Å². The lowest BCUT2D eigenvalue weighted by Gasteiger charge is -2.21. The third-order valence-corrected chi connectivity index (χ3v) is 2.51. The summed E-state index contributed by atoms with van der Waals surface area (Å²) in [7, 11) is 3.72. The zero-order valence-corrected chi connectivity index (χ0v) is 13.2. The van der Waals surface area contributed by atoms with Gasteiger partial charge in [-0.15, -0.1) is 0 Å². The smallest absolute Gasteiger partial charge is 0.321 e. The summed E-state index contributed by atoms with van der Waals surface area (Å²) in [4.78, 5) is 37.3. The zero-order valence-electron chi connectivity index (χ0n) is 13.2. The first kappa shape index (κ1) is 19.3. The van der Waals surface area contributed by atoms with E-state index in [4.69, 9.17) is 5.11 Å². The van der Waals surface area contributed by atoms with Gasteiger partial charge in [-0.1, -0.05) is 13.8 Å². The van der Waals surface area contributed by atoms with Gasteiger partial charge in [0.15, 0.2) is 0 Å². The highest BCUT2D eigenvalue weighted by Crippen LogP contribution is 1.91. The highest BCUT2D eigenvalue weighted by Gasteiger charge is 2.16. The fourth-order valence-electron chi connectivity index (χ4n) is 1.46. The van der Waals surface area contributed by atoms with E-state index in [0.717, 1.165) is 0 Å². The molecule has 3 amide bonds. The van der Waals surface area contributed by atoms with Crippen LogP contribution in [0.5, 0.6) is 0 Å². The van der Waals surface area contributed by atoms with Crippen molar-refractivity contribution in [1.29, 1.82) is 0 Å². The van der Waals surface area contributed by atoms with Crippen LogP contribution in [-0.4, -0.2) is 79.6 Å². The summed E-state index contributed by atoms with van der Waals surface area (Å²) in [5.41, 5.74) is 0. The van der Waals surface area contributed by atoms with Gasteiger partial charge < -0.3 is 15.3 Å². The normalized spacial score (nSPS) is 11.0. The molecule has 0 spiro atoms. The lowest BCUT2D eigenvalue weighted by Crippen LogP contribution is -2.47. The molecule has 0 aromatic heterocycles. The number of carbonyl (C=O) groups is 3. The summed E-state index contributed by atoms with van der Waals surface area (Å²) >= 11 is 0. The number of imide groups is 1. The molecule has 0 heterocycles. The predicted octanol–water partition coefficient (Wildman–Crippen LogP) is -0.584. The number of amides is 3. The lowest BCUT2D eigenvalue weighted by atomic mass is 10.2. The molecular weight excluding hydrogens is 276 g/mol. The summed E-state index contributed by atoms with van der Waals surface area (Å²) in [5.74, 6) is -1.24. The van der Waals surface area contributed by atoms with E-state index < -0.39 is 17.9 Å². The molecule has 0 aliphatic carbocycles. The maximum Gasteiger partial charge on any atom is 0.321 e. The second kappa shape index (κ2) is 10.1. The van der Waals surface area contributed by atoms with Crippen LogP contribution in [0.3, 0.4) is 0 Å². The van der Waals surface area contributed by atoms with Crippen molar-refractivity contribution in [3.05, 3.63) is 0 Å². The van der Waals surface area contributed by atoms with Crippen LogP contribution in [0.25, 0.3) is 0 Å². The number of carboxylic acids is 1. The number of likely N-dealkylation sites (N-methyl/N-ethyl adjacent to an activating group) is 1. The number of nitrogens with one attached hydrogen (secondary N) is 2. The molecule has 0 aliphatic heterocycles. The molecule has 0 saturated heterocycles. The Morgan fingerprint density at radius 1 is 1.10 bits per heavy atom. The minimum absolute atomic E-state index is 0.130. The fraction of sp³-hybridized carbons (Fsp3) is 0.769. The molecule has 21 heavy (non-hydrogen) atoms. The molecule has 8 heteroatoms. The molecule has 122 valence electrons. The molecule has 0 atom stereocenters. The predicted molar refractivity (Wildman–Crippen MR) is 79.0 cm³/mol. The van der Waals surface area contributed by atoms with Gasteiger partial charge in [0.25, 0.3) is 0 Å². The quantitative estimate of drug-likeness (QED) is 0.526.